The van der Waals surface area contributed by atoms with Crippen LogP contribution >= 0.6 is 11.8 Å². The normalized spacial score (nSPS) is 20.2. The van der Waals surface area contributed by atoms with E-state index in [1.54, 1.807) is 30.5 Å². The van der Waals surface area contributed by atoms with Crippen LogP contribution in [0.1, 0.15) is 10.9 Å². The van der Waals surface area contributed by atoms with Crippen molar-refractivity contribution in [2.75, 3.05) is 18.8 Å². The summed E-state index contributed by atoms with van der Waals surface area (Å²) < 4.78 is 1.91. The summed E-state index contributed by atoms with van der Waals surface area (Å²) in [6, 6.07) is 0. The Bertz CT molecular complexity index is 585. The highest BCUT2D eigenvalue weighted by molar-refractivity contribution is 7.99. The fourth-order valence-corrected chi connectivity index (χ4v) is 3.33. The fourth-order valence-electron chi connectivity index (χ4n) is 2.10. The Labute approximate surface area is 108 Å². The summed E-state index contributed by atoms with van der Waals surface area (Å²) in [4.78, 5) is 20.9. The van der Waals surface area contributed by atoms with Crippen LogP contribution in [0.4, 0.5) is 4.79 Å². The number of hydrogen-bond donors (Lipinski definition) is 1. The average molecular weight is 264 g/mol. The molecule has 3 rings (SSSR count). The van der Waals surface area contributed by atoms with Crippen molar-refractivity contribution in [3.8, 4) is 0 Å². The van der Waals surface area contributed by atoms with Crippen LogP contribution in [0.25, 0.3) is 5.52 Å². The van der Waals surface area contributed by atoms with Crippen LogP contribution < -0.4 is 0 Å². The Kier molecular flexibility index (Phi) is 2.83. The molecule has 18 heavy (non-hydrogen) atoms. The SMILES string of the molecule is O=C(O)N1CCSC(c2ncn3ccncc23)C1. The molecule has 0 saturated carbocycles. The molecule has 1 fully saturated rings. The van der Waals surface area contributed by atoms with Crippen LogP contribution in [0.3, 0.4) is 0 Å². The standard InChI is InChI=1S/C11H12N4O2S/c16-11(17)14-3-4-18-9(6-14)10-8-5-12-1-2-15(8)7-13-10/h1-2,5,7,9H,3-4,6H2,(H,16,17). The minimum atomic E-state index is -0.859. The molecule has 2 aromatic rings. The molecule has 3 heterocycles. The molecule has 94 valence electrons. The second-order valence-electron chi connectivity index (χ2n) is 4.09. The first-order chi connectivity index (χ1) is 8.75. The van der Waals surface area contributed by atoms with E-state index in [9.17, 15) is 4.79 Å². The minimum absolute atomic E-state index is 0.0871. The van der Waals surface area contributed by atoms with Gasteiger partial charge in [-0.15, -0.1) is 11.8 Å². The van der Waals surface area contributed by atoms with Crippen molar-refractivity contribution >= 4 is 23.4 Å². The van der Waals surface area contributed by atoms with E-state index < -0.39 is 6.09 Å². The number of hydrogen-bond acceptors (Lipinski definition) is 4. The van der Waals surface area contributed by atoms with Gasteiger partial charge in [-0.3, -0.25) is 4.98 Å². The van der Waals surface area contributed by atoms with E-state index >= 15 is 0 Å². The number of thioether (sulfide) groups is 1. The lowest BCUT2D eigenvalue weighted by Gasteiger charge is -2.29. The highest BCUT2D eigenvalue weighted by Crippen LogP contribution is 2.34. The van der Waals surface area contributed by atoms with E-state index in [0.29, 0.717) is 13.1 Å². The molecule has 1 atom stereocenters. The first-order valence-corrected chi connectivity index (χ1v) is 6.66. The lowest BCUT2D eigenvalue weighted by molar-refractivity contribution is 0.147. The maximum absolute atomic E-state index is 11.0. The van der Waals surface area contributed by atoms with Gasteiger partial charge in [0.25, 0.3) is 0 Å². The quantitative estimate of drug-likeness (QED) is 0.845. The summed E-state index contributed by atoms with van der Waals surface area (Å²) in [6.07, 6.45) is 6.20. The molecule has 1 aliphatic rings. The number of nitrogens with zero attached hydrogens (tertiary/aromatic N) is 4. The predicted octanol–water partition coefficient (Wildman–Crippen LogP) is 1.50. The zero-order chi connectivity index (χ0) is 12.5. The van der Waals surface area contributed by atoms with Crippen molar-refractivity contribution < 1.29 is 9.90 Å². The van der Waals surface area contributed by atoms with Crippen LogP contribution in [-0.2, 0) is 0 Å². The minimum Gasteiger partial charge on any atom is -0.465 e. The zero-order valence-corrected chi connectivity index (χ0v) is 10.4. The summed E-state index contributed by atoms with van der Waals surface area (Å²) in [5, 5.41) is 9.13. The molecule has 1 aliphatic heterocycles. The van der Waals surface area contributed by atoms with Crippen molar-refractivity contribution in [1.82, 2.24) is 19.3 Å². The molecule has 2 aromatic heterocycles. The van der Waals surface area contributed by atoms with Crippen LogP contribution in [0, 0.1) is 0 Å². The Morgan fingerprint density at radius 1 is 1.56 bits per heavy atom. The molecule has 1 amide bonds. The number of fused-ring (bicyclic) bond motifs is 1. The van der Waals surface area contributed by atoms with Gasteiger partial charge in [0.1, 0.15) is 0 Å². The van der Waals surface area contributed by atoms with Crippen LogP contribution in [0.2, 0.25) is 0 Å². The third-order valence-electron chi connectivity index (χ3n) is 3.01. The van der Waals surface area contributed by atoms with Crippen molar-refractivity contribution in [1.29, 1.82) is 0 Å². The van der Waals surface area contributed by atoms with E-state index in [4.69, 9.17) is 5.11 Å². The molecule has 6 nitrogen and oxygen atoms in total. The number of aromatic nitrogens is 3. The van der Waals surface area contributed by atoms with Crippen molar-refractivity contribution in [2.24, 2.45) is 0 Å². The third kappa shape index (κ3) is 1.90. The molecule has 1 saturated heterocycles. The van der Waals surface area contributed by atoms with Gasteiger partial charge in [0.15, 0.2) is 0 Å². The van der Waals surface area contributed by atoms with Gasteiger partial charge >= 0.3 is 6.09 Å². The second kappa shape index (κ2) is 4.49. The summed E-state index contributed by atoms with van der Waals surface area (Å²) >= 11 is 1.75. The third-order valence-corrected chi connectivity index (χ3v) is 4.21. The van der Waals surface area contributed by atoms with Gasteiger partial charge in [0.2, 0.25) is 0 Å². The van der Waals surface area contributed by atoms with E-state index in [2.05, 4.69) is 9.97 Å². The molecular formula is C11H12N4O2S. The molecular weight excluding hydrogens is 252 g/mol. The highest BCUT2D eigenvalue weighted by atomic mass is 32.2. The Balaban J connectivity index is 1.92. The smallest absolute Gasteiger partial charge is 0.407 e. The summed E-state index contributed by atoms with van der Waals surface area (Å²) in [6.45, 7) is 1.07. The van der Waals surface area contributed by atoms with E-state index in [0.717, 1.165) is 17.0 Å². The van der Waals surface area contributed by atoms with Gasteiger partial charge in [-0.1, -0.05) is 0 Å². The van der Waals surface area contributed by atoms with Crippen molar-refractivity contribution in [2.45, 2.75) is 5.25 Å². The topological polar surface area (TPSA) is 70.7 Å². The first-order valence-electron chi connectivity index (χ1n) is 5.62. The van der Waals surface area contributed by atoms with Crippen LogP contribution in [-0.4, -0.2) is 49.3 Å². The molecule has 1 unspecified atom stereocenters. The summed E-state index contributed by atoms with van der Waals surface area (Å²) in [5.74, 6) is 0.802. The van der Waals surface area contributed by atoms with Crippen molar-refractivity contribution in [3.05, 3.63) is 30.6 Å². The maximum atomic E-state index is 11.0. The van der Waals surface area contributed by atoms with Gasteiger partial charge in [-0.25, -0.2) is 9.78 Å². The van der Waals surface area contributed by atoms with Gasteiger partial charge in [-0.2, -0.15) is 0 Å². The van der Waals surface area contributed by atoms with Gasteiger partial charge in [0, 0.05) is 31.2 Å². The molecule has 0 spiro atoms. The molecule has 7 heteroatoms. The molecule has 1 N–H and O–H groups in total. The summed E-state index contributed by atoms with van der Waals surface area (Å²) in [5.41, 5.74) is 1.86. The summed E-state index contributed by atoms with van der Waals surface area (Å²) in [7, 11) is 0. The van der Waals surface area contributed by atoms with Crippen molar-refractivity contribution in [3.63, 3.8) is 0 Å². The van der Waals surface area contributed by atoms with Gasteiger partial charge < -0.3 is 14.4 Å². The number of rotatable bonds is 1. The first kappa shape index (κ1) is 11.3. The maximum Gasteiger partial charge on any atom is 0.407 e. The second-order valence-corrected chi connectivity index (χ2v) is 5.40. The number of amides is 1. The Hall–Kier alpha value is -1.76. The highest BCUT2D eigenvalue weighted by Gasteiger charge is 2.27. The largest absolute Gasteiger partial charge is 0.465 e. The molecule has 0 aromatic carbocycles. The van der Waals surface area contributed by atoms with Crippen LogP contribution in [0.5, 0.6) is 0 Å². The molecule has 0 radical (unpaired) electrons. The van der Waals surface area contributed by atoms with Crippen LogP contribution in [0.15, 0.2) is 24.9 Å². The predicted molar refractivity (Wildman–Crippen MR) is 67.8 cm³/mol. The van der Waals surface area contributed by atoms with E-state index in [1.165, 1.54) is 4.90 Å². The fraction of sp³-hybridized carbons (Fsp3) is 0.364. The number of carboxylic acid groups (broad SMARTS) is 1. The number of carbonyl (C=O) groups is 1. The Morgan fingerprint density at radius 2 is 2.44 bits per heavy atom. The average Bonchev–Trinajstić information content (AvgIpc) is 2.82. The number of imidazole rings is 1. The van der Waals surface area contributed by atoms with Gasteiger partial charge in [-0.05, 0) is 0 Å². The monoisotopic (exact) mass is 264 g/mol. The Morgan fingerprint density at radius 3 is 3.28 bits per heavy atom. The molecule has 0 bridgehead atoms. The van der Waals surface area contributed by atoms with E-state index in [1.807, 2.05) is 10.6 Å². The lowest BCUT2D eigenvalue weighted by Crippen LogP contribution is -2.38. The lowest BCUT2D eigenvalue weighted by atomic mass is 10.2. The van der Waals surface area contributed by atoms with Gasteiger partial charge in [0.05, 0.1) is 29.0 Å². The van der Waals surface area contributed by atoms with E-state index in [-0.39, 0.29) is 5.25 Å². The molecule has 0 aliphatic carbocycles. The zero-order valence-electron chi connectivity index (χ0n) is 9.56.